The molecular weight excluding hydrogens is 406 g/mol. The molecular formula is C27H34ClNO2. The third-order valence-corrected chi connectivity index (χ3v) is 8.04. The van der Waals surface area contributed by atoms with Crippen molar-refractivity contribution in [2.45, 2.75) is 71.1 Å². The average molecular weight is 440 g/mol. The van der Waals surface area contributed by atoms with Gasteiger partial charge in [-0.05, 0) is 66.9 Å². The molecule has 0 saturated heterocycles. The number of rotatable bonds is 7. The van der Waals surface area contributed by atoms with Crippen LogP contribution in [0.25, 0.3) is 0 Å². The second-order valence-electron chi connectivity index (χ2n) is 11.1. The first-order valence-corrected chi connectivity index (χ1v) is 12.0. The van der Waals surface area contributed by atoms with E-state index < -0.39 is 0 Å². The summed E-state index contributed by atoms with van der Waals surface area (Å²) < 4.78 is 11.9. The first kappa shape index (κ1) is 21.2. The zero-order valence-corrected chi connectivity index (χ0v) is 19.7. The Morgan fingerprint density at radius 1 is 1.00 bits per heavy atom. The van der Waals surface area contributed by atoms with E-state index in [4.69, 9.17) is 21.1 Å². The van der Waals surface area contributed by atoms with Gasteiger partial charge in [-0.1, -0.05) is 55.8 Å². The van der Waals surface area contributed by atoms with E-state index in [-0.39, 0.29) is 5.54 Å². The highest BCUT2D eigenvalue weighted by molar-refractivity contribution is 6.30. The Hall–Kier alpha value is -1.71. The molecule has 2 aromatic carbocycles. The van der Waals surface area contributed by atoms with Crippen LogP contribution in [0.2, 0.25) is 5.02 Å². The van der Waals surface area contributed by atoms with Crippen LogP contribution in [0.4, 0.5) is 0 Å². The maximum atomic E-state index is 6.45. The molecule has 4 heteroatoms. The van der Waals surface area contributed by atoms with Gasteiger partial charge in [0.2, 0.25) is 0 Å². The number of halogens is 1. The quantitative estimate of drug-likeness (QED) is 0.516. The Balaban J connectivity index is 1.38. The molecule has 0 heterocycles. The predicted molar refractivity (Wildman–Crippen MR) is 126 cm³/mol. The number of ether oxygens (including phenoxy) is 2. The van der Waals surface area contributed by atoms with E-state index in [1.165, 1.54) is 38.5 Å². The second kappa shape index (κ2) is 7.71. The normalized spacial score (nSPS) is 33.5. The van der Waals surface area contributed by atoms with Crippen LogP contribution in [0.1, 0.15) is 63.5 Å². The van der Waals surface area contributed by atoms with Crippen molar-refractivity contribution in [3.63, 3.8) is 0 Å². The Bertz CT molecular complexity index is 941. The van der Waals surface area contributed by atoms with Crippen LogP contribution < -0.4 is 14.8 Å². The first-order chi connectivity index (χ1) is 14.8. The Kier molecular flexibility index (Phi) is 5.26. The van der Waals surface area contributed by atoms with Crippen molar-refractivity contribution in [3.8, 4) is 11.5 Å². The van der Waals surface area contributed by atoms with Gasteiger partial charge in [-0.2, -0.15) is 0 Å². The molecule has 0 aliphatic heterocycles. The van der Waals surface area contributed by atoms with Crippen molar-refractivity contribution < 1.29 is 9.47 Å². The second-order valence-corrected chi connectivity index (χ2v) is 11.6. The minimum absolute atomic E-state index is 0.231. The van der Waals surface area contributed by atoms with Gasteiger partial charge in [-0.15, -0.1) is 0 Å². The number of nitrogens with one attached hydrogen (secondary N) is 1. The third-order valence-electron chi connectivity index (χ3n) is 7.82. The lowest BCUT2D eigenvalue weighted by atomic mass is 9.43. The highest BCUT2D eigenvalue weighted by atomic mass is 35.5. The lowest BCUT2D eigenvalue weighted by molar-refractivity contribution is -0.118. The zero-order valence-electron chi connectivity index (χ0n) is 19.0. The summed E-state index contributed by atoms with van der Waals surface area (Å²) in [5.74, 6) is 2.36. The molecule has 1 N–H and O–H groups in total. The summed E-state index contributed by atoms with van der Waals surface area (Å²) in [4.78, 5) is 0. The van der Waals surface area contributed by atoms with E-state index in [1.54, 1.807) is 7.11 Å². The Labute approximate surface area is 191 Å². The molecule has 31 heavy (non-hydrogen) atoms. The van der Waals surface area contributed by atoms with E-state index in [0.29, 0.717) is 28.2 Å². The fraction of sp³-hybridized carbons (Fsp3) is 0.556. The highest BCUT2D eigenvalue weighted by Gasteiger charge is 2.59. The topological polar surface area (TPSA) is 30.5 Å². The number of hydrogen-bond donors (Lipinski definition) is 1. The Morgan fingerprint density at radius 3 is 2.35 bits per heavy atom. The van der Waals surface area contributed by atoms with Crippen molar-refractivity contribution in [3.05, 3.63) is 58.6 Å². The van der Waals surface area contributed by atoms with Gasteiger partial charge >= 0.3 is 0 Å². The van der Waals surface area contributed by atoms with E-state index >= 15 is 0 Å². The van der Waals surface area contributed by atoms with Gasteiger partial charge in [0.25, 0.3) is 0 Å². The molecule has 3 nitrogen and oxygen atoms in total. The van der Waals surface area contributed by atoms with Crippen molar-refractivity contribution >= 4 is 11.6 Å². The SMILES string of the molecule is COc1cc(Cl)cc(CNC23CC4C[C@@](C)(C2)C[C@](C)(C4)C3)c1OCc1ccccc1. The lowest BCUT2D eigenvalue weighted by Gasteiger charge is -2.65. The van der Waals surface area contributed by atoms with Crippen LogP contribution in [-0.4, -0.2) is 12.6 Å². The fourth-order valence-corrected chi connectivity index (χ4v) is 7.96. The van der Waals surface area contributed by atoms with Gasteiger partial charge in [-0.25, -0.2) is 0 Å². The van der Waals surface area contributed by atoms with Crippen molar-refractivity contribution in [2.24, 2.45) is 16.7 Å². The van der Waals surface area contributed by atoms with Crippen molar-refractivity contribution in [1.82, 2.24) is 5.32 Å². The van der Waals surface area contributed by atoms with Gasteiger partial charge < -0.3 is 14.8 Å². The fourth-order valence-electron chi connectivity index (χ4n) is 7.73. The summed E-state index contributed by atoms with van der Waals surface area (Å²) in [7, 11) is 1.68. The maximum absolute atomic E-state index is 6.45. The van der Waals surface area contributed by atoms with Crippen molar-refractivity contribution in [2.75, 3.05) is 7.11 Å². The van der Waals surface area contributed by atoms with Crippen LogP contribution in [0, 0.1) is 16.7 Å². The highest BCUT2D eigenvalue weighted by Crippen LogP contribution is 2.66. The number of hydrogen-bond acceptors (Lipinski definition) is 3. The molecule has 4 bridgehead atoms. The zero-order chi connectivity index (χ0) is 21.7. The Morgan fingerprint density at radius 2 is 1.71 bits per heavy atom. The standard InChI is InChI=1S/C27H34ClNO2/c1-25-11-20-12-26(2,16-25)18-27(13-20,17-25)29-14-21-9-22(28)10-23(30-3)24(21)31-15-19-7-5-4-6-8-19/h4-10,20,29H,11-18H2,1-3H3/t20?,25-,26+,27?. The van der Waals surface area contributed by atoms with Crippen LogP contribution in [0.5, 0.6) is 11.5 Å². The summed E-state index contributed by atoms with van der Waals surface area (Å²) in [5.41, 5.74) is 3.42. The van der Waals surface area contributed by atoms with Gasteiger partial charge in [-0.3, -0.25) is 0 Å². The minimum Gasteiger partial charge on any atom is -0.493 e. The monoisotopic (exact) mass is 439 g/mol. The van der Waals surface area contributed by atoms with Gasteiger partial charge in [0.15, 0.2) is 11.5 Å². The molecule has 0 amide bonds. The molecule has 2 unspecified atom stereocenters. The summed E-state index contributed by atoms with van der Waals surface area (Å²) in [5, 5.41) is 4.70. The molecule has 4 aliphatic carbocycles. The van der Waals surface area contributed by atoms with E-state index in [2.05, 4.69) is 31.3 Å². The van der Waals surface area contributed by atoms with Crippen molar-refractivity contribution in [1.29, 1.82) is 0 Å². The van der Waals surface area contributed by atoms with E-state index in [0.717, 1.165) is 29.3 Å². The predicted octanol–water partition coefficient (Wildman–Crippen LogP) is 6.77. The van der Waals surface area contributed by atoms with Crippen LogP contribution in [0.3, 0.4) is 0 Å². The lowest BCUT2D eigenvalue weighted by Crippen LogP contribution is -2.63. The third kappa shape index (κ3) is 4.19. The van der Waals surface area contributed by atoms with Crippen LogP contribution in [-0.2, 0) is 13.2 Å². The van der Waals surface area contributed by atoms with Gasteiger partial charge in [0.05, 0.1) is 7.11 Å². The van der Waals surface area contributed by atoms with Gasteiger partial charge in [0.1, 0.15) is 6.61 Å². The summed E-state index contributed by atoms with van der Waals surface area (Å²) >= 11 is 6.45. The van der Waals surface area contributed by atoms with Crippen LogP contribution >= 0.6 is 11.6 Å². The summed E-state index contributed by atoms with van der Waals surface area (Å²) in [6.07, 6.45) is 8.06. The van der Waals surface area contributed by atoms with E-state index in [1.807, 2.05) is 30.3 Å². The largest absolute Gasteiger partial charge is 0.493 e. The molecule has 0 spiro atoms. The number of methoxy groups -OCH3 is 1. The molecule has 0 radical (unpaired) electrons. The molecule has 6 rings (SSSR count). The average Bonchev–Trinajstić information content (AvgIpc) is 2.69. The molecule has 2 aromatic rings. The molecule has 0 aromatic heterocycles. The molecule has 4 saturated carbocycles. The maximum Gasteiger partial charge on any atom is 0.166 e. The minimum atomic E-state index is 0.231. The number of benzene rings is 2. The first-order valence-electron chi connectivity index (χ1n) is 11.6. The van der Waals surface area contributed by atoms with Crippen LogP contribution in [0.15, 0.2) is 42.5 Å². The summed E-state index contributed by atoms with van der Waals surface area (Å²) in [6.45, 7) is 6.29. The molecule has 4 aliphatic rings. The van der Waals surface area contributed by atoms with Gasteiger partial charge in [0, 0.05) is 28.7 Å². The molecule has 4 atom stereocenters. The van der Waals surface area contributed by atoms with E-state index in [9.17, 15) is 0 Å². The molecule has 4 fully saturated rings. The molecule has 166 valence electrons. The summed E-state index contributed by atoms with van der Waals surface area (Å²) in [6, 6.07) is 14.1. The smallest absolute Gasteiger partial charge is 0.166 e.